The molecule has 3 fully saturated rings. The summed E-state index contributed by atoms with van der Waals surface area (Å²) in [6.45, 7) is 1.36. The molecule has 180 valence electrons. The topological polar surface area (TPSA) is 78.5 Å². The number of carbonyl (C=O) groups is 3. The van der Waals surface area contributed by atoms with Crippen molar-refractivity contribution in [3.63, 3.8) is 0 Å². The molecule has 1 saturated heterocycles. The number of hydrogen-bond donors (Lipinski definition) is 2. The number of rotatable bonds is 7. The summed E-state index contributed by atoms with van der Waals surface area (Å²) < 4.78 is 0. The Labute approximate surface area is 197 Å². The van der Waals surface area contributed by atoms with Crippen molar-refractivity contribution in [1.82, 2.24) is 15.5 Å². The molecule has 6 nitrogen and oxygen atoms in total. The van der Waals surface area contributed by atoms with Crippen LogP contribution in [0.2, 0.25) is 0 Å². The largest absolute Gasteiger partial charge is 0.351 e. The first-order valence-corrected chi connectivity index (χ1v) is 13.0. The lowest BCUT2D eigenvalue weighted by atomic mass is 9.88. The van der Waals surface area contributed by atoms with Crippen LogP contribution in [0.4, 0.5) is 0 Å². The van der Waals surface area contributed by atoms with Crippen LogP contribution in [0.5, 0.6) is 0 Å². The van der Waals surface area contributed by atoms with Crippen molar-refractivity contribution in [2.24, 2.45) is 11.8 Å². The van der Waals surface area contributed by atoms with Crippen LogP contribution in [-0.4, -0.2) is 47.8 Å². The van der Waals surface area contributed by atoms with Gasteiger partial charge in [0.15, 0.2) is 0 Å². The maximum absolute atomic E-state index is 13.0. The van der Waals surface area contributed by atoms with Crippen molar-refractivity contribution in [1.29, 1.82) is 0 Å². The van der Waals surface area contributed by atoms with Gasteiger partial charge < -0.3 is 15.5 Å². The summed E-state index contributed by atoms with van der Waals surface area (Å²) in [5, 5.41) is 6.39. The highest BCUT2D eigenvalue weighted by molar-refractivity contribution is 5.94. The van der Waals surface area contributed by atoms with Gasteiger partial charge in [0.25, 0.3) is 5.91 Å². The predicted molar refractivity (Wildman–Crippen MR) is 129 cm³/mol. The van der Waals surface area contributed by atoms with Gasteiger partial charge in [-0.05, 0) is 50.2 Å². The summed E-state index contributed by atoms with van der Waals surface area (Å²) in [6, 6.07) is 9.19. The van der Waals surface area contributed by atoms with E-state index in [0.29, 0.717) is 25.1 Å². The van der Waals surface area contributed by atoms with Gasteiger partial charge in [0.05, 0.1) is 0 Å². The van der Waals surface area contributed by atoms with Gasteiger partial charge in [-0.1, -0.05) is 56.7 Å². The van der Waals surface area contributed by atoms with Crippen LogP contribution in [-0.2, 0) is 9.59 Å². The maximum atomic E-state index is 13.0. The van der Waals surface area contributed by atoms with Gasteiger partial charge in [-0.25, -0.2) is 0 Å². The van der Waals surface area contributed by atoms with Crippen LogP contribution in [0.1, 0.15) is 87.4 Å². The Morgan fingerprint density at radius 2 is 1.39 bits per heavy atom. The minimum atomic E-state index is -0.0776. The van der Waals surface area contributed by atoms with Gasteiger partial charge in [0.1, 0.15) is 0 Å². The van der Waals surface area contributed by atoms with Crippen LogP contribution in [0.25, 0.3) is 0 Å². The molecular weight excluding hydrogens is 414 g/mol. The molecular formula is C27H39N3O3. The van der Waals surface area contributed by atoms with Crippen molar-refractivity contribution in [2.75, 3.05) is 13.1 Å². The van der Waals surface area contributed by atoms with E-state index in [4.69, 9.17) is 0 Å². The first-order chi connectivity index (χ1) is 16.1. The van der Waals surface area contributed by atoms with E-state index < -0.39 is 0 Å². The summed E-state index contributed by atoms with van der Waals surface area (Å²) in [4.78, 5) is 40.2. The number of nitrogens with one attached hydrogen (secondary N) is 2. The highest BCUT2D eigenvalue weighted by Crippen LogP contribution is 2.29. The van der Waals surface area contributed by atoms with Gasteiger partial charge >= 0.3 is 0 Å². The van der Waals surface area contributed by atoms with Gasteiger partial charge in [0.2, 0.25) is 11.8 Å². The second-order valence-electron chi connectivity index (χ2n) is 10.2. The predicted octanol–water partition coefficient (Wildman–Crippen LogP) is 4.05. The zero-order chi connectivity index (χ0) is 23.0. The highest BCUT2D eigenvalue weighted by atomic mass is 16.2. The molecule has 0 aromatic heterocycles. The molecule has 3 aliphatic rings. The number of piperidine rings is 1. The summed E-state index contributed by atoms with van der Waals surface area (Å²) >= 11 is 0. The first kappa shape index (κ1) is 23.8. The molecule has 3 amide bonds. The number of hydrogen-bond acceptors (Lipinski definition) is 3. The van der Waals surface area contributed by atoms with Crippen molar-refractivity contribution < 1.29 is 14.4 Å². The molecule has 2 saturated carbocycles. The Morgan fingerprint density at radius 3 is 2.06 bits per heavy atom. The molecule has 1 aliphatic heterocycles. The summed E-state index contributed by atoms with van der Waals surface area (Å²) in [7, 11) is 0. The molecule has 1 aromatic carbocycles. The molecule has 1 heterocycles. The smallest absolute Gasteiger partial charge is 0.251 e. The molecule has 0 radical (unpaired) electrons. The van der Waals surface area contributed by atoms with Crippen LogP contribution in [0, 0.1) is 11.8 Å². The van der Waals surface area contributed by atoms with E-state index in [-0.39, 0.29) is 35.7 Å². The number of amides is 3. The van der Waals surface area contributed by atoms with E-state index in [1.165, 1.54) is 25.7 Å². The second kappa shape index (κ2) is 11.7. The molecule has 1 aromatic rings. The van der Waals surface area contributed by atoms with E-state index in [0.717, 1.165) is 50.9 Å². The molecule has 0 spiro atoms. The fourth-order valence-electron chi connectivity index (χ4n) is 5.79. The zero-order valence-corrected chi connectivity index (χ0v) is 19.8. The van der Waals surface area contributed by atoms with Gasteiger partial charge in [-0.15, -0.1) is 0 Å². The van der Waals surface area contributed by atoms with E-state index >= 15 is 0 Å². The van der Waals surface area contributed by atoms with Crippen molar-refractivity contribution in [3.05, 3.63) is 35.9 Å². The fraction of sp³-hybridized carbons (Fsp3) is 0.667. The van der Waals surface area contributed by atoms with Crippen molar-refractivity contribution >= 4 is 17.7 Å². The molecule has 2 aliphatic carbocycles. The minimum Gasteiger partial charge on any atom is -0.351 e. The van der Waals surface area contributed by atoms with Crippen LogP contribution in [0.15, 0.2) is 30.3 Å². The highest BCUT2D eigenvalue weighted by Gasteiger charge is 2.32. The summed E-state index contributed by atoms with van der Waals surface area (Å²) in [5.74, 6) is 0.959. The standard InChI is InChI=1S/C27H39N3O3/c31-25(15-14-20-8-4-5-9-20)30-18-16-22(17-19-30)27(33)29-24-13-7-6-12-23(24)28-26(32)21-10-2-1-3-11-21/h1-3,10-11,20,22-24H,4-9,12-19H2,(H,28,32)(H,29,33)/t23-,24-/m1/s1. The van der Waals surface area contributed by atoms with Crippen LogP contribution >= 0.6 is 0 Å². The number of likely N-dealkylation sites (tertiary alicyclic amines) is 1. The average molecular weight is 454 g/mol. The Hall–Kier alpha value is -2.37. The normalized spacial score (nSPS) is 24.4. The first-order valence-electron chi connectivity index (χ1n) is 13.0. The van der Waals surface area contributed by atoms with Crippen LogP contribution < -0.4 is 10.6 Å². The SMILES string of the molecule is O=C(N[C@@H]1CCCC[C@H]1NC(=O)C1CCN(C(=O)CCC2CCCC2)CC1)c1ccccc1. The van der Waals surface area contributed by atoms with Crippen LogP contribution in [0.3, 0.4) is 0 Å². The third kappa shape index (κ3) is 6.58. The van der Waals surface area contributed by atoms with Gasteiger partial charge in [0, 0.05) is 43.1 Å². The molecule has 0 unspecified atom stereocenters. The summed E-state index contributed by atoms with van der Waals surface area (Å²) in [6.07, 6.45) is 12.2. The van der Waals surface area contributed by atoms with E-state index in [9.17, 15) is 14.4 Å². The molecule has 6 heteroatoms. The van der Waals surface area contributed by atoms with Crippen molar-refractivity contribution in [3.8, 4) is 0 Å². The van der Waals surface area contributed by atoms with Gasteiger partial charge in [-0.3, -0.25) is 14.4 Å². The third-order valence-corrected chi connectivity index (χ3v) is 7.91. The minimum absolute atomic E-state index is 0.0232. The molecule has 4 rings (SSSR count). The number of nitrogens with zero attached hydrogens (tertiary/aromatic N) is 1. The lowest BCUT2D eigenvalue weighted by Gasteiger charge is -2.36. The Bertz CT molecular complexity index is 798. The maximum Gasteiger partial charge on any atom is 0.251 e. The Balaban J connectivity index is 1.22. The quantitative estimate of drug-likeness (QED) is 0.654. The Morgan fingerprint density at radius 1 is 0.788 bits per heavy atom. The zero-order valence-electron chi connectivity index (χ0n) is 19.8. The lowest BCUT2D eigenvalue weighted by Crippen LogP contribution is -2.55. The molecule has 0 bridgehead atoms. The monoisotopic (exact) mass is 453 g/mol. The molecule has 33 heavy (non-hydrogen) atoms. The van der Waals surface area contributed by atoms with Gasteiger partial charge in [-0.2, -0.15) is 0 Å². The fourth-order valence-corrected chi connectivity index (χ4v) is 5.79. The average Bonchev–Trinajstić information content (AvgIpc) is 3.38. The molecule has 2 N–H and O–H groups in total. The second-order valence-corrected chi connectivity index (χ2v) is 10.2. The van der Waals surface area contributed by atoms with E-state index in [1.54, 1.807) is 0 Å². The summed E-state index contributed by atoms with van der Waals surface area (Å²) in [5.41, 5.74) is 0.651. The van der Waals surface area contributed by atoms with Crippen molar-refractivity contribution in [2.45, 2.75) is 89.1 Å². The van der Waals surface area contributed by atoms with E-state index in [1.807, 2.05) is 35.2 Å². The Kier molecular flexibility index (Phi) is 8.40. The molecule has 2 atom stereocenters. The number of carbonyl (C=O) groups excluding carboxylic acids is 3. The van der Waals surface area contributed by atoms with E-state index in [2.05, 4.69) is 10.6 Å². The number of benzene rings is 1. The lowest BCUT2D eigenvalue weighted by molar-refractivity contribution is -0.136. The third-order valence-electron chi connectivity index (χ3n) is 7.91.